The Morgan fingerprint density at radius 1 is 1.09 bits per heavy atom. The molecule has 0 radical (unpaired) electrons. The largest absolute Gasteiger partial charge is 0.494 e. The average Bonchev–Trinajstić information content (AvgIpc) is 3.23. The lowest BCUT2D eigenvalue weighted by Gasteiger charge is -2.29. The number of ether oxygens (including phenoxy) is 1. The number of benzene rings is 2. The summed E-state index contributed by atoms with van der Waals surface area (Å²) >= 11 is 1.43. The Morgan fingerprint density at radius 2 is 1.85 bits per heavy atom. The number of nitrogens with one attached hydrogen (secondary N) is 1. The van der Waals surface area contributed by atoms with E-state index in [1.807, 2.05) is 54.0 Å². The number of carbonyl (C=O) groups excluding carboxylic acids is 1. The van der Waals surface area contributed by atoms with Crippen LogP contribution in [0.3, 0.4) is 0 Å². The number of thioether (sulfide) groups is 1. The molecule has 0 bridgehead atoms. The van der Waals surface area contributed by atoms with E-state index in [2.05, 4.69) is 34.6 Å². The predicted molar refractivity (Wildman–Crippen MR) is 132 cm³/mol. The number of carbonyl (C=O) groups is 1. The van der Waals surface area contributed by atoms with Crippen molar-refractivity contribution in [2.45, 2.75) is 57.1 Å². The zero-order chi connectivity index (χ0) is 23.0. The van der Waals surface area contributed by atoms with Crippen LogP contribution in [0.5, 0.6) is 5.75 Å². The van der Waals surface area contributed by atoms with Crippen LogP contribution >= 0.6 is 11.8 Å². The summed E-state index contributed by atoms with van der Waals surface area (Å²) in [6, 6.07) is 18.4. The van der Waals surface area contributed by atoms with Crippen LogP contribution in [0.15, 0.2) is 59.8 Å². The highest BCUT2D eigenvalue weighted by atomic mass is 32.2. The number of nitrogens with zero attached hydrogens (tertiary/aromatic N) is 3. The quantitative estimate of drug-likeness (QED) is 0.449. The molecule has 1 aromatic heterocycles. The van der Waals surface area contributed by atoms with Gasteiger partial charge in [0.25, 0.3) is 0 Å². The normalized spacial score (nSPS) is 18.1. The van der Waals surface area contributed by atoms with E-state index in [0.717, 1.165) is 34.4 Å². The summed E-state index contributed by atoms with van der Waals surface area (Å²) in [5.41, 5.74) is 2.12. The second-order valence-corrected chi connectivity index (χ2v) is 9.49. The Balaban J connectivity index is 1.52. The first-order valence-corrected chi connectivity index (χ1v) is 12.8. The molecule has 3 aromatic rings. The van der Waals surface area contributed by atoms with Gasteiger partial charge in [-0.25, -0.2) is 0 Å². The van der Waals surface area contributed by atoms with Gasteiger partial charge in [-0.15, -0.1) is 10.2 Å². The third-order valence-corrected chi connectivity index (χ3v) is 7.03. The van der Waals surface area contributed by atoms with Gasteiger partial charge in [0.2, 0.25) is 5.91 Å². The zero-order valence-corrected chi connectivity index (χ0v) is 20.2. The molecular formula is C26H32N4O2S. The molecule has 174 valence electrons. The van der Waals surface area contributed by atoms with Crippen LogP contribution in [0.2, 0.25) is 0 Å². The molecule has 1 aliphatic rings. The molecule has 0 aliphatic heterocycles. The number of amides is 1. The van der Waals surface area contributed by atoms with Crippen LogP contribution in [0, 0.1) is 5.92 Å². The van der Waals surface area contributed by atoms with Gasteiger partial charge in [0.05, 0.1) is 12.4 Å². The van der Waals surface area contributed by atoms with Crippen molar-refractivity contribution in [2.24, 2.45) is 5.92 Å². The number of hydrogen-bond acceptors (Lipinski definition) is 5. The highest BCUT2D eigenvalue weighted by Gasteiger charge is 2.23. The summed E-state index contributed by atoms with van der Waals surface area (Å²) in [6.07, 6.45) is 5.37. The van der Waals surface area contributed by atoms with Gasteiger partial charge in [0.1, 0.15) is 11.6 Å². The second-order valence-electron chi connectivity index (χ2n) is 8.55. The Hall–Kier alpha value is -2.80. The molecule has 6 nitrogen and oxygen atoms in total. The Kier molecular flexibility index (Phi) is 8.05. The predicted octanol–water partition coefficient (Wildman–Crippen LogP) is 5.04. The third kappa shape index (κ3) is 6.16. The number of aromatic nitrogens is 3. The van der Waals surface area contributed by atoms with Gasteiger partial charge in [-0.05, 0) is 55.5 Å². The van der Waals surface area contributed by atoms with Crippen molar-refractivity contribution in [2.75, 3.05) is 12.4 Å². The Bertz CT molecular complexity index is 1040. The number of hydrogen-bond donors (Lipinski definition) is 1. The van der Waals surface area contributed by atoms with E-state index >= 15 is 0 Å². The molecule has 33 heavy (non-hydrogen) atoms. The van der Waals surface area contributed by atoms with Gasteiger partial charge in [-0.3, -0.25) is 9.36 Å². The van der Waals surface area contributed by atoms with Crippen molar-refractivity contribution < 1.29 is 9.53 Å². The van der Waals surface area contributed by atoms with E-state index in [1.54, 1.807) is 0 Å². The molecule has 2 aromatic carbocycles. The lowest BCUT2D eigenvalue weighted by molar-refractivity contribution is -0.119. The SMILES string of the molecule is CCOc1ccc(-n2c(Cc3ccccc3)nnc2SCC(=O)NC2CCCCC2C)cc1. The molecule has 2 unspecified atom stereocenters. The molecule has 0 saturated heterocycles. The first kappa shape index (κ1) is 23.4. The average molecular weight is 465 g/mol. The Labute approximate surface area is 200 Å². The monoisotopic (exact) mass is 464 g/mol. The summed E-state index contributed by atoms with van der Waals surface area (Å²) in [5, 5.41) is 12.9. The highest BCUT2D eigenvalue weighted by molar-refractivity contribution is 7.99. The minimum Gasteiger partial charge on any atom is -0.494 e. The molecule has 2 atom stereocenters. The van der Waals surface area contributed by atoms with E-state index in [-0.39, 0.29) is 11.9 Å². The lowest BCUT2D eigenvalue weighted by atomic mass is 9.86. The Morgan fingerprint density at radius 3 is 2.58 bits per heavy atom. The van der Waals surface area contributed by atoms with Crippen LogP contribution < -0.4 is 10.1 Å². The maximum Gasteiger partial charge on any atom is 0.230 e. The summed E-state index contributed by atoms with van der Waals surface area (Å²) in [7, 11) is 0. The van der Waals surface area contributed by atoms with E-state index in [0.29, 0.717) is 24.7 Å². The van der Waals surface area contributed by atoms with Gasteiger partial charge in [0.15, 0.2) is 5.16 Å². The topological polar surface area (TPSA) is 69.0 Å². The van der Waals surface area contributed by atoms with E-state index < -0.39 is 0 Å². The van der Waals surface area contributed by atoms with Crippen LogP contribution in [-0.2, 0) is 11.2 Å². The van der Waals surface area contributed by atoms with Crippen molar-refractivity contribution in [3.8, 4) is 11.4 Å². The fraction of sp³-hybridized carbons (Fsp3) is 0.423. The molecule has 1 amide bonds. The van der Waals surface area contributed by atoms with E-state index in [9.17, 15) is 4.79 Å². The molecule has 1 aliphatic carbocycles. The van der Waals surface area contributed by atoms with E-state index in [1.165, 1.54) is 31.0 Å². The maximum absolute atomic E-state index is 12.7. The molecule has 4 rings (SSSR count). The first-order valence-electron chi connectivity index (χ1n) is 11.8. The van der Waals surface area contributed by atoms with Crippen LogP contribution in [0.4, 0.5) is 0 Å². The summed E-state index contributed by atoms with van der Waals surface area (Å²) in [4.78, 5) is 12.7. The van der Waals surface area contributed by atoms with Crippen molar-refractivity contribution in [3.05, 3.63) is 66.0 Å². The van der Waals surface area contributed by atoms with Crippen molar-refractivity contribution in [1.82, 2.24) is 20.1 Å². The van der Waals surface area contributed by atoms with Crippen molar-refractivity contribution in [1.29, 1.82) is 0 Å². The lowest BCUT2D eigenvalue weighted by Crippen LogP contribution is -2.41. The molecule has 7 heteroatoms. The van der Waals surface area contributed by atoms with Crippen LogP contribution in [-0.4, -0.2) is 39.1 Å². The standard InChI is InChI=1S/C26H32N4O2S/c1-3-32-22-15-13-21(14-16-22)30-24(17-20-10-5-4-6-11-20)28-29-26(30)33-18-25(31)27-23-12-8-7-9-19(23)2/h4-6,10-11,13-16,19,23H,3,7-9,12,17-18H2,1-2H3,(H,27,31). The minimum absolute atomic E-state index is 0.0598. The third-order valence-electron chi connectivity index (χ3n) is 6.10. The molecular weight excluding hydrogens is 432 g/mol. The summed E-state index contributed by atoms with van der Waals surface area (Å²) in [6.45, 7) is 4.83. The fourth-order valence-electron chi connectivity index (χ4n) is 4.31. The molecule has 1 saturated carbocycles. The molecule has 1 fully saturated rings. The van der Waals surface area contributed by atoms with Crippen LogP contribution in [0.25, 0.3) is 5.69 Å². The van der Waals surface area contributed by atoms with Gasteiger partial charge < -0.3 is 10.1 Å². The van der Waals surface area contributed by atoms with Crippen molar-refractivity contribution in [3.63, 3.8) is 0 Å². The smallest absolute Gasteiger partial charge is 0.230 e. The fourth-order valence-corrected chi connectivity index (χ4v) is 5.10. The van der Waals surface area contributed by atoms with Gasteiger partial charge in [-0.2, -0.15) is 0 Å². The summed E-state index contributed by atoms with van der Waals surface area (Å²) < 4.78 is 7.64. The van der Waals surface area contributed by atoms with E-state index in [4.69, 9.17) is 4.74 Å². The second kappa shape index (κ2) is 11.4. The zero-order valence-electron chi connectivity index (χ0n) is 19.4. The number of rotatable bonds is 9. The summed E-state index contributed by atoms with van der Waals surface area (Å²) in [5.74, 6) is 2.59. The minimum atomic E-state index is 0.0598. The first-order chi connectivity index (χ1) is 16.1. The highest BCUT2D eigenvalue weighted by Crippen LogP contribution is 2.26. The molecule has 0 spiro atoms. The molecule has 1 N–H and O–H groups in total. The van der Waals surface area contributed by atoms with Gasteiger partial charge >= 0.3 is 0 Å². The molecule has 1 heterocycles. The van der Waals surface area contributed by atoms with Gasteiger partial charge in [-0.1, -0.05) is 61.9 Å². The van der Waals surface area contributed by atoms with Crippen LogP contribution in [0.1, 0.15) is 50.9 Å². The maximum atomic E-state index is 12.7. The van der Waals surface area contributed by atoms with Gasteiger partial charge in [0, 0.05) is 18.2 Å². The van der Waals surface area contributed by atoms with Crippen molar-refractivity contribution >= 4 is 17.7 Å².